The number of rotatable bonds is 6. The smallest absolute Gasteiger partial charge is 0.254 e. The number of carbonyl (C=O) groups is 1. The molecule has 1 aromatic carbocycles. The summed E-state index contributed by atoms with van der Waals surface area (Å²) in [6.07, 6.45) is 1.54. The number of carbonyl (C=O) groups excluding carboxylic acids is 1. The summed E-state index contributed by atoms with van der Waals surface area (Å²) in [7, 11) is 3.15. The second-order valence-electron chi connectivity index (χ2n) is 4.91. The van der Waals surface area contributed by atoms with Gasteiger partial charge < -0.3 is 14.2 Å². The van der Waals surface area contributed by atoms with Gasteiger partial charge in [-0.25, -0.2) is 5.43 Å². The number of benzene rings is 1. The fourth-order valence-corrected chi connectivity index (χ4v) is 2.68. The fraction of sp³-hybridized carbons (Fsp3) is 0.467. The number of hydrazone groups is 1. The van der Waals surface area contributed by atoms with E-state index >= 15 is 0 Å². The van der Waals surface area contributed by atoms with Crippen molar-refractivity contribution in [1.29, 1.82) is 0 Å². The third kappa shape index (κ3) is 5.19. The fourth-order valence-electron chi connectivity index (χ4n) is 2.16. The highest BCUT2D eigenvalue weighted by atomic mass is 79.9. The van der Waals surface area contributed by atoms with Gasteiger partial charge in [-0.3, -0.25) is 9.69 Å². The molecule has 1 fully saturated rings. The Hall–Kier alpha value is -1.64. The topological polar surface area (TPSA) is 72.4 Å². The largest absolute Gasteiger partial charge is 0.496 e. The zero-order chi connectivity index (χ0) is 16.7. The van der Waals surface area contributed by atoms with E-state index in [1.165, 1.54) is 0 Å². The lowest BCUT2D eigenvalue weighted by molar-refractivity contribution is -0.123. The van der Waals surface area contributed by atoms with Crippen LogP contribution >= 0.6 is 15.9 Å². The molecule has 2 rings (SSSR count). The third-order valence-electron chi connectivity index (χ3n) is 3.37. The number of morpholine rings is 1. The van der Waals surface area contributed by atoms with Gasteiger partial charge in [-0.15, -0.1) is 0 Å². The Morgan fingerprint density at radius 1 is 1.35 bits per heavy atom. The van der Waals surface area contributed by atoms with E-state index in [-0.39, 0.29) is 5.91 Å². The van der Waals surface area contributed by atoms with E-state index in [2.05, 4.69) is 26.5 Å². The minimum atomic E-state index is -0.158. The molecule has 1 amide bonds. The molecule has 23 heavy (non-hydrogen) atoms. The van der Waals surface area contributed by atoms with Crippen LogP contribution in [-0.2, 0) is 9.53 Å². The average Bonchev–Trinajstić information content (AvgIpc) is 2.56. The highest BCUT2D eigenvalue weighted by Gasteiger charge is 2.13. The zero-order valence-corrected chi connectivity index (χ0v) is 14.8. The van der Waals surface area contributed by atoms with Gasteiger partial charge in [0.15, 0.2) is 0 Å². The minimum absolute atomic E-state index is 0.158. The average molecular weight is 386 g/mol. The molecule has 1 aliphatic rings. The number of nitrogens with zero attached hydrogens (tertiary/aromatic N) is 2. The Labute approximate surface area is 143 Å². The van der Waals surface area contributed by atoms with Crippen molar-refractivity contribution in [2.45, 2.75) is 0 Å². The first kappa shape index (κ1) is 17.7. The van der Waals surface area contributed by atoms with E-state index < -0.39 is 0 Å². The maximum Gasteiger partial charge on any atom is 0.254 e. The summed E-state index contributed by atoms with van der Waals surface area (Å²) in [6, 6.07) is 3.57. The van der Waals surface area contributed by atoms with Gasteiger partial charge >= 0.3 is 0 Å². The van der Waals surface area contributed by atoms with Crippen molar-refractivity contribution in [3.63, 3.8) is 0 Å². The Bertz CT molecular complexity index is 574. The molecule has 0 bridgehead atoms. The van der Waals surface area contributed by atoms with Gasteiger partial charge in [0.05, 0.1) is 44.7 Å². The molecule has 8 heteroatoms. The molecule has 1 N–H and O–H groups in total. The van der Waals surface area contributed by atoms with Crippen LogP contribution < -0.4 is 14.9 Å². The predicted molar refractivity (Wildman–Crippen MR) is 90.2 cm³/mol. The molecule has 1 heterocycles. The van der Waals surface area contributed by atoms with Gasteiger partial charge in [-0.05, 0) is 22.0 Å². The highest BCUT2D eigenvalue weighted by molar-refractivity contribution is 9.10. The quantitative estimate of drug-likeness (QED) is 0.589. The lowest BCUT2D eigenvalue weighted by Crippen LogP contribution is -2.42. The highest BCUT2D eigenvalue weighted by Crippen LogP contribution is 2.31. The zero-order valence-electron chi connectivity index (χ0n) is 13.2. The van der Waals surface area contributed by atoms with Crippen LogP contribution in [0.5, 0.6) is 11.5 Å². The Kier molecular flexibility index (Phi) is 6.82. The first-order valence-electron chi connectivity index (χ1n) is 7.17. The van der Waals surface area contributed by atoms with E-state index in [1.807, 2.05) is 11.0 Å². The molecule has 0 aliphatic carbocycles. The van der Waals surface area contributed by atoms with Gasteiger partial charge in [-0.1, -0.05) is 0 Å². The predicted octanol–water partition coefficient (Wildman–Crippen LogP) is 1.25. The van der Waals surface area contributed by atoms with E-state index in [0.29, 0.717) is 31.3 Å². The molecule has 0 radical (unpaired) electrons. The van der Waals surface area contributed by atoms with Crippen LogP contribution in [0.3, 0.4) is 0 Å². The monoisotopic (exact) mass is 385 g/mol. The Morgan fingerprint density at radius 3 is 2.70 bits per heavy atom. The molecule has 1 saturated heterocycles. The van der Waals surface area contributed by atoms with E-state index in [4.69, 9.17) is 14.2 Å². The molecule has 126 valence electrons. The van der Waals surface area contributed by atoms with E-state index in [1.54, 1.807) is 26.5 Å². The molecule has 0 unspecified atom stereocenters. The Morgan fingerprint density at radius 2 is 2.04 bits per heavy atom. The van der Waals surface area contributed by atoms with Gasteiger partial charge in [-0.2, -0.15) is 5.10 Å². The van der Waals surface area contributed by atoms with Crippen LogP contribution in [0, 0.1) is 0 Å². The van der Waals surface area contributed by atoms with Crippen molar-refractivity contribution in [3.8, 4) is 11.5 Å². The first-order chi connectivity index (χ1) is 11.1. The van der Waals surface area contributed by atoms with Crippen LogP contribution in [0.4, 0.5) is 0 Å². The van der Waals surface area contributed by atoms with E-state index in [0.717, 1.165) is 23.1 Å². The van der Waals surface area contributed by atoms with Gasteiger partial charge in [0.2, 0.25) is 0 Å². The molecule has 0 spiro atoms. The van der Waals surface area contributed by atoms with Crippen molar-refractivity contribution in [2.75, 3.05) is 47.1 Å². The molecular formula is C15H20BrN3O4. The standard InChI is InChI=1S/C15H20BrN3O4/c1-21-13-8-14(22-2)12(16)7-11(13)9-17-18-15(20)10-19-3-5-23-6-4-19/h7-9H,3-6,10H2,1-2H3,(H,18,20)/b17-9-. The van der Waals surface area contributed by atoms with Gasteiger partial charge in [0, 0.05) is 24.7 Å². The number of amides is 1. The number of nitrogens with one attached hydrogen (secondary N) is 1. The molecule has 0 aromatic heterocycles. The van der Waals surface area contributed by atoms with Crippen LogP contribution in [0.15, 0.2) is 21.7 Å². The molecular weight excluding hydrogens is 366 g/mol. The summed E-state index contributed by atoms with van der Waals surface area (Å²) in [5.41, 5.74) is 3.25. The van der Waals surface area contributed by atoms with Crippen LogP contribution in [-0.4, -0.2) is 64.1 Å². The van der Waals surface area contributed by atoms with Crippen LogP contribution in [0.2, 0.25) is 0 Å². The van der Waals surface area contributed by atoms with Gasteiger partial charge in [0.25, 0.3) is 5.91 Å². The number of ether oxygens (including phenoxy) is 3. The second-order valence-corrected chi connectivity index (χ2v) is 5.76. The third-order valence-corrected chi connectivity index (χ3v) is 3.99. The van der Waals surface area contributed by atoms with Crippen LogP contribution in [0.25, 0.3) is 0 Å². The molecule has 7 nitrogen and oxygen atoms in total. The summed E-state index contributed by atoms with van der Waals surface area (Å²) in [5, 5.41) is 3.99. The van der Waals surface area contributed by atoms with E-state index in [9.17, 15) is 4.79 Å². The summed E-state index contributed by atoms with van der Waals surface area (Å²) in [6.45, 7) is 3.15. The summed E-state index contributed by atoms with van der Waals surface area (Å²) >= 11 is 3.41. The summed E-state index contributed by atoms with van der Waals surface area (Å²) in [5.74, 6) is 1.11. The first-order valence-corrected chi connectivity index (χ1v) is 7.97. The van der Waals surface area contributed by atoms with Crippen LogP contribution in [0.1, 0.15) is 5.56 Å². The van der Waals surface area contributed by atoms with Crippen molar-refractivity contribution in [2.24, 2.45) is 5.10 Å². The van der Waals surface area contributed by atoms with Crippen molar-refractivity contribution < 1.29 is 19.0 Å². The lowest BCUT2D eigenvalue weighted by atomic mass is 10.2. The minimum Gasteiger partial charge on any atom is -0.496 e. The summed E-state index contributed by atoms with van der Waals surface area (Å²) in [4.78, 5) is 13.9. The Balaban J connectivity index is 1.94. The molecule has 1 aliphatic heterocycles. The maximum absolute atomic E-state index is 11.9. The summed E-state index contributed by atoms with van der Waals surface area (Å²) < 4.78 is 16.5. The maximum atomic E-state index is 11.9. The molecule has 0 saturated carbocycles. The lowest BCUT2D eigenvalue weighted by Gasteiger charge is -2.25. The number of methoxy groups -OCH3 is 2. The molecule has 0 atom stereocenters. The number of hydrogen-bond donors (Lipinski definition) is 1. The number of hydrogen-bond acceptors (Lipinski definition) is 6. The molecule has 1 aromatic rings. The SMILES string of the molecule is COc1cc(OC)c(/C=N\NC(=O)CN2CCOCC2)cc1Br. The second kappa shape index (κ2) is 8.85. The normalized spacial score (nSPS) is 15.6. The number of halogens is 1. The van der Waals surface area contributed by atoms with Crippen molar-refractivity contribution in [1.82, 2.24) is 10.3 Å². The van der Waals surface area contributed by atoms with Crippen molar-refractivity contribution in [3.05, 3.63) is 22.2 Å². The van der Waals surface area contributed by atoms with Gasteiger partial charge in [0.1, 0.15) is 11.5 Å². The van der Waals surface area contributed by atoms with Crippen molar-refractivity contribution >= 4 is 28.1 Å².